The lowest BCUT2D eigenvalue weighted by Gasteiger charge is -2.31. The Morgan fingerprint density at radius 2 is 1.70 bits per heavy atom. The fourth-order valence-electron chi connectivity index (χ4n) is 2.65. The second-order valence-corrected chi connectivity index (χ2v) is 5.57. The van der Waals surface area contributed by atoms with Crippen LogP contribution in [0.3, 0.4) is 0 Å². The van der Waals surface area contributed by atoms with Crippen LogP contribution in [-0.2, 0) is 11.8 Å². The van der Waals surface area contributed by atoms with Gasteiger partial charge in [-0.1, -0.05) is 49.4 Å². The van der Waals surface area contributed by atoms with E-state index in [0.29, 0.717) is 6.54 Å². The molecule has 0 spiro atoms. The molecule has 0 aliphatic carbocycles. The smallest absolute Gasteiger partial charge is 0.122 e. The van der Waals surface area contributed by atoms with Crippen LogP contribution in [0, 0.1) is 6.92 Å². The Bertz CT molecular complexity index is 579. The van der Waals surface area contributed by atoms with Crippen molar-refractivity contribution >= 4 is 0 Å². The summed E-state index contributed by atoms with van der Waals surface area (Å²) in [6.07, 6.45) is 0.913. The number of methoxy groups -OCH3 is 1. The summed E-state index contributed by atoms with van der Waals surface area (Å²) >= 11 is 0. The van der Waals surface area contributed by atoms with Gasteiger partial charge in [-0.3, -0.25) is 0 Å². The van der Waals surface area contributed by atoms with Crippen LogP contribution in [0.4, 0.5) is 0 Å². The second kappa shape index (κ2) is 6.10. The third kappa shape index (κ3) is 2.86. The van der Waals surface area contributed by atoms with E-state index in [1.54, 1.807) is 7.11 Å². The Balaban J connectivity index is 2.41. The molecule has 0 aliphatic rings. The highest BCUT2D eigenvalue weighted by Gasteiger charge is 2.28. The Morgan fingerprint density at radius 3 is 2.35 bits per heavy atom. The number of aryl methyl sites for hydroxylation is 1. The highest BCUT2D eigenvalue weighted by molar-refractivity contribution is 5.41. The molecule has 1 atom stereocenters. The minimum Gasteiger partial charge on any atom is -0.496 e. The number of para-hydroxylation sites is 1. The molecule has 20 heavy (non-hydrogen) atoms. The first-order chi connectivity index (χ1) is 9.60. The van der Waals surface area contributed by atoms with Gasteiger partial charge in [0.15, 0.2) is 0 Å². The summed E-state index contributed by atoms with van der Waals surface area (Å²) < 4.78 is 5.51. The standard InChI is InChI=1S/C18H23NO/c1-14-8-4-5-9-15(14)12-18(2,13-19)16-10-6-7-11-17(16)20-3/h4-11H,12-13,19H2,1-3H3. The van der Waals surface area contributed by atoms with Crippen molar-refractivity contribution in [1.29, 1.82) is 0 Å². The summed E-state index contributed by atoms with van der Waals surface area (Å²) in [5.41, 5.74) is 9.80. The Hall–Kier alpha value is -1.80. The lowest BCUT2D eigenvalue weighted by atomic mass is 9.76. The van der Waals surface area contributed by atoms with E-state index in [4.69, 9.17) is 10.5 Å². The average molecular weight is 269 g/mol. The summed E-state index contributed by atoms with van der Waals surface area (Å²) in [4.78, 5) is 0. The highest BCUT2D eigenvalue weighted by Crippen LogP contribution is 2.34. The van der Waals surface area contributed by atoms with E-state index in [1.807, 2.05) is 18.2 Å². The van der Waals surface area contributed by atoms with Crippen LogP contribution in [0.2, 0.25) is 0 Å². The van der Waals surface area contributed by atoms with Crippen LogP contribution in [-0.4, -0.2) is 13.7 Å². The Kier molecular flexibility index (Phi) is 4.46. The fraction of sp³-hybridized carbons (Fsp3) is 0.333. The predicted octanol–water partition coefficient (Wildman–Crippen LogP) is 3.46. The molecule has 0 fully saturated rings. The number of hydrogen-bond donors (Lipinski definition) is 1. The number of hydrogen-bond acceptors (Lipinski definition) is 2. The molecule has 0 aliphatic heterocycles. The van der Waals surface area contributed by atoms with Gasteiger partial charge in [-0.05, 0) is 30.5 Å². The molecule has 0 amide bonds. The van der Waals surface area contributed by atoms with Gasteiger partial charge in [0.25, 0.3) is 0 Å². The zero-order valence-corrected chi connectivity index (χ0v) is 12.5. The van der Waals surface area contributed by atoms with E-state index in [0.717, 1.165) is 12.2 Å². The van der Waals surface area contributed by atoms with E-state index in [1.165, 1.54) is 16.7 Å². The van der Waals surface area contributed by atoms with Crippen LogP contribution >= 0.6 is 0 Å². The number of ether oxygens (including phenoxy) is 1. The van der Waals surface area contributed by atoms with Crippen molar-refractivity contribution in [3.63, 3.8) is 0 Å². The molecule has 2 N–H and O–H groups in total. The fourth-order valence-corrected chi connectivity index (χ4v) is 2.65. The van der Waals surface area contributed by atoms with Crippen molar-refractivity contribution in [2.24, 2.45) is 5.73 Å². The molecular weight excluding hydrogens is 246 g/mol. The van der Waals surface area contributed by atoms with Gasteiger partial charge >= 0.3 is 0 Å². The van der Waals surface area contributed by atoms with Gasteiger partial charge in [-0.2, -0.15) is 0 Å². The van der Waals surface area contributed by atoms with Crippen molar-refractivity contribution < 1.29 is 4.74 Å². The molecule has 0 aromatic heterocycles. The lowest BCUT2D eigenvalue weighted by molar-refractivity contribution is 0.385. The van der Waals surface area contributed by atoms with Crippen LogP contribution < -0.4 is 10.5 Å². The monoisotopic (exact) mass is 269 g/mol. The van der Waals surface area contributed by atoms with Crippen molar-refractivity contribution in [2.75, 3.05) is 13.7 Å². The molecule has 0 bridgehead atoms. The second-order valence-electron chi connectivity index (χ2n) is 5.57. The minimum atomic E-state index is -0.126. The Morgan fingerprint density at radius 1 is 1.05 bits per heavy atom. The first kappa shape index (κ1) is 14.6. The van der Waals surface area contributed by atoms with Gasteiger partial charge < -0.3 is 10.5 Å². The first-order valence-electron chi connectivity index (χ1n) is 6.99. The zero-order chi connectivity index (χ0) is 14.6. The van der Waals surface area contributed by atoms with Crippen molar-refractivity contribution in [1.82, 2.24) is 0 Å². The molecule has 2 aromatic carbocycles. The summed E-state index contributed by atoms with van der Waals surface area (Å²) in [7, 11) is 1.71. The normalized spacial score (nSPS) is 13.8. The van der Waals surface area contributed by atoms with E-state index < -0.39 is 0 Å². The third-order valence-corrected chi connectivity index (χ3v) is 4.05. The van der Waals surface area contributed by atoms with Crippen LogP contribution in [0.5, 0.6) is 5.75 Å². The van der Waals surface area contributed by atoms with E-state index >= 15 is 0 Å². The van der Waals surface area contributed by atoms with Crippen LogP contribution in [0.25, 0.3) is 0 Å². The number of benzene rings is 2. The minimum absolute atomic E-state index is 0.126. The highest BCUT2D eigenvalue weighted by atomic mass is 16.5. The Labute approximate surface area is 121 Å². The average Bonchev–Trinajstić information content (AvgIpc) is 2.49. The van der Waals surface area contributed by atoms with E-state index in [2.05, 4.69) is 44.2 Å². The molecule has 106 valence electrons. The maximum Gasteiger partial charge on any atom is 0.122 e. The van der Waals surface area contributed by atoms with E-state index in [-0.39, 0.29) is 5.41 Å². The summed E-state index contributed by atoms with van der Waals surface area (Å²) in [5.74, 6) is 0.911. The van der Waals surface area contributed by atoms with Gasteiger partial charge in [0, 0.05) is 17.5 Å². The van der Waals surface area contributed by atoms with Crippen LogP contribution in [0.1, 0.15) is 23.6 Å². The molecule has 0 saturated heterocycles. The first-order valence-corrected chi connectivity index (χ1v) is 6.99. The zero-order valence-electron chi connectivity index (χ0n) is 12.5. The van der Waals surface area contributed by atoms with Gasteiger partial charge in [-0.15, -0.1) is 0 Å². The maximum absolute atomic E-state index is 6.11. The number of rotatable bonds is 5. The third-order valence-electron chi connectivity index (χ3n) is 4.05. The molecule has 2 aromatic rings. The predicted molar refractivity (Wildman–Crippen MR) is 84.3 cm³/mol. The van der Waals surface area contributed by atoms with E-state index in [9.17, 15) is 0 Å². The molecule has 2 heteroatoms. The van der Waals surface area contributed by atoms with Crippen molar-refractivity contribution in [3.8, 4) is 5.75 Å². The lowest BCUT2D eigenvalue weighted by Crippen LogP contribution is -2.34. The molecule has 0 radical (unpaired) electrons. The molecule has 0 saturated carbocycles. The maximum atomic E-state index is 6.11. The van der Waals surface area contributed by atoms with Gasteiger partial charge in [-0.25, -0.2) is 0 Å². The van der Waals surface area contributed by atoms with Gasteiger partial charge in [0.2, 0.25) is 0 Å². The molecular formula is C18H23NO. The largest absolute Gasteiger partial charge is 0.496 e. The van der Waals surface area contributed by atoms with Crippen LogP contribution in [0.15, 0.2) is 48.5 Å². The summed E-state index contributed by atoms with van der Waals surface area (Å²) in [6.45, 7) is 4.94. The summed E-state index contributed by atoms with van der Waals surface area (Å²) in [6, 6.07) is 16.6. The van der Waals surface area contributed by atoms with Crippen molar-refractivity contribution in [3.05, 3.63) is 65.2 Å². The summed E-state index contributed by atoms with van der Waals surface area (Å²) in [5, 5.41) is 0. The molecule has 2 nitrogen and oxygen atoms in total. The molecule has 1 unspecified atom stereocenters. The topological polar surface area (TPSA) is 35.2 Å². The molecule has 0 heterocycles. The number of nitrogens with two attached hydrogens (primary N) is 1. The molecule has 2 rings (SSSR count). The van der Waals surface area contributed by atoms with Gasteiger partial charge in [0.1, 0.15) is 5.75 Å². The van der Waals surface area contributed by atoms with Crippen molar-refractivity contribution in [2.45, 2.75) is 25.7 Å². The quantitative estimate of drug-likeness (QED) is 0.902. The SMILES string of the molecule is COc1ccccc1C(C)(CN)Cc1ccccc1C. The van der Waals surface area contributed by atoms with Gasteiger partial charge in [0.05, 0.1) is 7.11 Å².